The van der Waals surface area contributed by atoms with Gasteiger partial charge in [-0.05, 0) is 23.8 Å². The zero-order valence-corrected chi connectivity index (χ0v) is 11.4. The van der Waals surface area contributed by atoms with Gasteiger partial charge in [0.1, 0.15) is 5.82 Å². The molecule has 3 rings (SSSR count). The molecule has 1 aromatic heterocycles. The lowest BCUT2D eigenvalue weighted by molar-refractivity contribution is -0.113. The third kappa shape index (κ3) is 2.84. The average Bonchev–Trinajstić information content (AvgIpc) is 2.84. The Bertz CT molecular complexity index is 803. The first-order chi connectivity index (χ1) is 10.2. The van der Waals surface area contributed by atoms with E-state index in [1.54, 1.807) is 6.08 Å². The van der Waals surface area contributed by atoms with Gasteiger partial charge in [0, 0.05) is 12.6 Å². The highest BCUT2D eigenvalue weighted by molar-refractivity contribution is 5.90. The van der Waals surface area contributed by atoms with Crippen LogP contribution in [-0.2, 0) is 11.3 Å². The molecule has 1 heterocycles. The summed E-state index contributed by atoms with van der Waals surface area (Å²) < 4.78 is 2.07. The first-order valence-electron chi connectivity index (χ1n) is 6.71. The molecule has 104 valence electrons. The maximum Gasteiger partial charge on any atom is 0.241 e. The van der Waals surface area contributed by atoms with Crippen molar-refractivity contribution < 1.29 is 4.79 Å². The van der Waals surface area contributed by atoms with Gasteiger partial charge < -0.3 is 10.3 Å². The maximum atomic E-state index is 11.0. The van der Waals surface area contributed by atoms with Crippen molar-refractivity contribution in [2.45, 2.75) is 6.54 Å². The highest BCUT2D eigenvalue weighted by atomic mass is 16.1. The van der Waals surface area contributed by atoms with E-state index in [2.05, 4.69) is 21.7 Å². The minimum Gasteiger partial charge on any atom is -0.366 e. The number of para-hydroxylation sites is 2. The molecular weight excluding hydrogens is 262 g/mol. The zero-order valence-electron chi connectivity index (χ0n) is 11.4. The highest BCUT2D eigenvalue weighted by Gasteiger charge is 2.08. The number of carbonyl (C=O) groups is 1. The molecule has 3 aromatic rings. The number of nitrogens with two attached hydrogens (primary N) is 1. The van der Waals surface area contributed by atoms with E-state index in [1.165, 1.54) is 11.6 Å². The molecule has 0 aliphatic heterocycles. The third-order valence-corrected chi connectivity index (χ3v) is 3.26. The smallest absolute Gasteiger partial charge is 0.241 e. The summed E-state index contributed by atoms with van der Waals surface area (Å²) in [6, 6.07) is 18.0. The van der Waals surface area contributed by atoms with E-state index < -0.39 is 5.91 Å². The van der Waals surface area contributed by atoms with Gasteiger partial charge in [0.25, 0.3) is 0 Å². The molecule has 0 bridgehead atoms. The minimum absolute atomic E-state index is 0.478. The van der Waals surface area contributed by atoms with E-state index in [9.17, 15) is 4.79 Å². The van der Waals surface area contributed by atoms with Crippen molar-refractivity contribution >= 4 is 23.0 Å². The molecule has 0 unspecified atom stereocenters. The Morgan fingerprint density at radius 3 is 2.57 bits per heavy atom. The Hall–Kier alpha value is -2.88. The Kier molecular flexibility index (Phi) is 3.51. The first kappa shape index (κ1) is 13.1. The molecule has 0 saturated heterocycles. The lowest BCUT2D eigenvalue weighted by Crippen LogP contribution is -2.06. The second-order valence-corrected chi connectivity index (χ2v) is 4.77. The number of benzene rings is 2. The summed E-state index contributed by atoms with van der Waals surface area (Å²) in [7, 11) is 0. The van der Waals surface area contributed by atoms with Crippen LogP contribution in [0.1, 0.15) is 11.4 Å². The fourth-order valence-electron chi connectivity index (χ4n) is 2.31. The zero-order chi connectivity index (χ0) is 14.7. The Labute approximate surface area is 122 Å². The summed E-state index contributed by atoms with van der Waals surface area (Å²) in [5, 5.41) is 0. The Morgan fingerprint density at radius 1 is 1.10 bits per heavy atom. The predicted octanol–water partition coefficient (Wildman–Crippen LogP) is 2.58. The van der Waals surface area contributed by atoms with Gasteiger partial charge in [-0.3, -0.25) is 4.79 Å². The lowest BCUT2D eigenvalue weighted by atomic mass is 10.2. The Morgan fingerprint density at radius 2 is 1.81 bits per heavy atom. The molecule has 0 radical (unpaired) electrons. The van der Waals surface area contributed by atoms with Gasteiger partial charge >= 0.3 is 0 Å². The largest absolute Gasteiger partial charge is 0.366 e. The van der Waals surface area contributed by atoms with Gasteiger partial charge in [-0.15, -0.1) is 0 Å². The predicted molar refractivity (Wildman–Crippen MR) is 83.5 cm³/mol. The summed E-state index contributed by atoms with van der Waals surface area (Å²) in [5.41, 5.74) is 8.28. The number of fused-ring (bicyclic) bond motifs is 1. The molecule has 0 fully saturated rings. The topological polar surface area (TPSA) is 60.9 Å². The van der Waals surface area contributed by atoms with Crippen LogP contribution in [0.2, 0.25) is 0 Å². The van der Waals surface area contributed by atoms with E-state index >= 15 is 0 Å². The SMILES string of the molecule is NC(=O)/C=C/c1nc2ccccc2n1Cc1ccccc1. The van der Waals surface area contributed by atoms with Crippen LogP contribution < -0.4 is 5.73 Å². The summed E-state index contributed by atoms with van der Waals surface area (Å²) in [4.78, 5) is 15.5. The summed E-state index contributed by atoms with van der Waals surface area (Å²) >= 11 is 0. The Balaban J connectivity index is 2.09. The second-order valence-electron chi connectivity index (χ2n) is 4.77. The number of aromatic nitrogens is 2. The third-order valence-electron chi connectivity index (χ3n) is 3.26. The highest BCUT2D eigenvalue weighted by Crippen LogP contribution is 2.18. The normalized spacial score (nSPS) is 11.2. The number of nitrogens with zero attached hydrogens (tertiary/aromatic N) is 2. The fraction of sp³-hybridized carbons (Fsp3) is 0.0588. The standard InChI is InChI=1S/C17H15N3O/c18-16(21)10-11-17-19-14-8-4-5-9-15(14)20(17)12-13-6-2-1-3-7-13/h1-11H,12H2,(H2,18,21)/b11-10+. The van der Waals surface area contributed by atoms with Crippen LogP contribution in [0.4, 0.5) is 0 Å². The molecule has 2 aromatic carbocycles. The number of rotatable bonds is 4. The van der Waals surface area contributed by atoms with Crippen LogP contribution in [0.3, 0.4) is 0 Å². The molecule has 0 saturated carbocycles. The van der Waals surface area contributed by atoms with Gasteiger partial charge in [0.15, 0.2) is 0 Å². The number of primary amides is 1. The van der Waals surface area contributed by atoms with Crippen molar-refractivity contribution in [3.8, 4) is 0 Å². The van der Waals surface area contributed by atoms with Gasteiger partial charge in [0.05, 0.1) is 11.0 Å². The van der Waals surface area contributed by atoms with E-state index in [1.807, 2.05) is 42.5 Å². The van der Waals surface area contributed by atoms with E-state index in [0.29, 0.717) is 6.54 Å². The molecule has 4 nitrogen and oxygen atoms in total. The van der Waals surface area contributed by atoms with Crippen LogP contribution in [0.5, 0.6) is 0 Å². The van der Waals surface area contributed by atoms with E-state index in [-0.39, 0.29) is 0 Å². The van der Waals surface area contributed by atoms with Gasteiger partial charge in [-0.2, -0.15) is 0 Å². The van der Waals surface area contributed by atoms with Crippen LogP contribution in [0.15, 0.2) is 60.7 Å². The molecule has 0 spiro atoms. The van der Waals surface area contributed by atoms with Crippen molar-refractivity contribution in [1.29, 1.82) is 0 Å². The summed E-state index contributed by atoms with van der Waals surface area (Å²) in [6.07, 6.45) is 2.99. The van der Waals surface area contributed by atoms with Crippen LogP contribution in [0.25, 0.3) is 17.1 Å². The number of hydrogen-bond acceptors (Lipinski definition) is 2. The maximum absolute atomic E-state index is 11.0. The van der Waals surface area contributed by atoms with Gasteiger partial charge in [-0.25, -0.2) is 4.98 Å². The van der Waals surface area contributed by atoms with Crippen LogP contribution >= 0.6 is 0 Å². The van der Waals surface area contributed by atoms with Crippen molar-refractivity contribution in [2.75, 3.05) is 0 Å². The number of amides is 1. The van der Waals surface area contributed by atoms with Crippen LogP contribution in [0, 0.1) is 0 Å². The number of carbonyl (C=O) groups excluding carboxylic acids is 1. The van der Waals surface area contributed by atoms with Gasteiger partial charge in [-0.1, -0.05) is 42.5 Å². The van der Waals surface area contributed by atoms with Gasteiger partial charge in [0.2, 0.25) is 5.91 Å². The summed E-state index contributed by atoms with van der Waals surface area (Å²) in [5.74, 6) is 0.243. The molecule has 0 atom stereocenters. The summed E-state index contributed by atoms with van der Waals surface area (Å²) in [6.45, 7) is 0.694. The quantitative estimate of drug-likeness (QED) is 0.745. The molecule has 21 heavy (non-hydrogen) atoms. The van der Waals surface area contributed by atoms with Crippen LogP contribution in [-0.4, -0.2) is 15.5 Å². The first-order valence-corrected chi connectivity index (χ1v) is 6.71. The molecule has 1 amide bonds. The van der Waals surface area contributed by atoms with E-state index in [0.717, 1.165) is 16.9 Å². The monoisotopic (exact) mass is 277 g/mol. The lowest BCUT2D eigenvalue weighted by Gasteiger charge is -2.07. The molecule has 2 N–H and O–H groups in total. The average molecular weight is 277 g/mol. The van der Waals surface area contributed by atoms with Crippen molar-refractivity contribution in [2.24, 2.45) is 5.73 Å². The number of imidazole rings is 1. The fourth-order valence-corrected chi connectivity index (χ4v) is 2.31. The second kappa shape index (κ2) is 5.63. The van der Waals surface area contributed by atoms with Crippen molar-refractivity contribution in [3.63, 3.8) is 0 Å². The molecular formula is C17H15N3O. The number of hydrogen-bond donors (Lipinski definition) is 1. The van der Waals surface area contributed by atoms with E-state index in [4.69, 9.17) is 5.73 Å². The minimum atomic E-state index is -0.478. The van der Waals surface area contributed by atoms with Crippen molar-refractivity contribution in [3.05, 3.63) is 72.1 Å². The molecule has 4 heteroatoms. The van der Waals surface area contributed by atoms with Crippen molar-refractivity contribution in [1.82, 2.24) is 9.55 Å². The molecule has 0 aliphatic carbocycles. The molecule has 0 aliphatic rings.